The van der Waals surface area contributed by atoms with Crippen LogP contribution < -0.4 is 24.5 Å². The first-order valence-electron chi connectivity index (χ1n) is 11.7. The van der Waals surface area contributed by atoms with Crippen molar-refractivity contribution in [2.75, 3.05) is 25.2 Å². The number of methoxy groups -OCH3 is 1. The fourth-order valence-electron chi connectivity index (χ4n) is 4.76. The fraction of sp³-hybridized carbons (Fsp3) is 0.259. The number of fused-ring (bicyclic) bond motifs is 2. The number of ether oxygens (including phenoxy) is 2. The van der Waals surface area contributed by atoms with Gasteiger partial charge in [-0.15, -0.1) is 0 Å². The number of nitrogens with zero attached hydrogens (tertiary/aromatic N) is 3. The average molecular weight is 504 g/mol. The molecular weight excluding hydrogens is 478 g/mol. The van der Waals surface area contributed by atoms with E-state index < -0.39 is 12.0 Å². The number of anilines is 1. The fourth-order valence-corrected chi connectivity index (χ4v) is 5.89. The molecule has 1 amide bonds. The van der Waals surface area contributed by atoms with Gasteiger partial charge in [0.1, 0.15) is 10.3 Å². The van der Waals surface area contributed by atoms with Gasteiger partial charge in [-0.2, -0.15) is 0 Å². The standard InChI is InChI=1S/C27H25N3O5S/c1-5-29-19-10-8-7-9-18(19)21(24(29)31)23-25(32)30-22(16-11-13-17(34-4)14-12-16)20(26(33)35-6-2)15(3)28-27(30)36-23/h7-14,22H,5-6H2,1-4H3/b23-21-/t22-/m0/s1. The largest absolute Gasteiger partial charge is 0.497 e. The Kier molecular flexibility index (Phi) is 6.09. The molecular formula is C27H25N3O5S. The molecule has 184 valence electrons. The van der Waals surface area contributed by atoms with E-state index in [0.717, 1.165) is 22.6 Å². The number of allylic oxidation sites excluding steroid dienone is 1. The minimum atomic E-state index is -0.755. The lowest BCUT2D eigenvalue weighted by Gasteiger charge is -2.24. The molecule has 0 bridgehead atoms. The highest BCUT2D eigenvalue weighted by atomic mass is 32.1. The first kappa shape index (κ1) is 23.7. The SMILES string of the molecule is CCOC(=O)C1=C(C)N=c2s/c(=C3\C(=O)N(CC)c4ccccc43)c(=O)n2[C@H]1c1ccc(OC)cc1. The molecule has 9 heteroatoms. The van der Waals surface area contributed by atoms with E-state index in [2.05, 4.69) is 4.99 Å². The van der Waals surface area contributed by atoms with Gasteiger partial charge >= 0.3 is 5.97 Å². The van der Waals surface area contributed by atoms with Crippen LogP contribution in [0.25, 0.3) is 5.57 Å². The number of rotatable bonds is 5. The zero-order chi connectivity index (χ0) is 25.6. The second-order valence-electron chi connectivity index (χ2n) is 8.34. The van der Waals surface area contributed by atoms with Gasteiger partial charge in [-0.3, -0.25) is 14.2 Å². The second-order valence-corrected chi connectivity index (χ2v) is 9.32. The summed E-state index contributed by atoms with van der Waals surface area (Å²) in [6, 6.07) is 13.9. The molecule has 0 unspecified atom stereocenters. The van der Waals surface area contributed by atoms with Crippen molar-refractivity contribution in [1.29, 1.82) is 0 Å². The maximum absolute atomic E-state index is 14.0. The third kappa shape index (κ3) is 3.58. The molecule has 0 N–H and O–H groups in total. The van der Waals surface area contributed by atoms with Gasteiger partial charge in [0.25, 0.3) is 11.5 Å². The quantitative estimate of drug-likeness (QED) is 0.499. The predicted molar refractivity (Wildman–Crippen MR) is 137 cm³/mol. The van der Waals surface area contributed by atoms with Gasteiger partial charge in [0.2, 0.25) is 0 Å². The highest BCUT2D eigenvalue weighted by Crippen LogP contribution is 2.35. The summed E-state index contributed by atoms with van der Waals surface area (Å²) < 4.78 is 12.4. The lowest BCUT2D eigenvalue weighted by atomic mass is 9.96. The number of hydrogen-bond donors (Lipinski definition) is 0. The zero-order valence-electron chi connectivity index (χ0n) is 20.4. The number of carbonyl (C=O) groups excluding carboxylic acids is 2. The highest BCUT2D eigenvalue weighted by Gasteiger charge is 2.36. The summed E-state index contributed by atoms with van der Waals surface area (Å²) in [6.45, 7) is 6.04. The Bertz CT molecular complexity index is 1600. The number of esters is 1. The maximum Gasteiger partial charge on any atom is 0.338 e. The van der Waals surface area contributed by atoms with Crippen molar-refractivity contribution in [1.82, 2.24) is 4.57 Å². The molecule has 1 aromatic heterocycles. The van der Waals surface area contributed by atoms with Gasteiger partial charge < -0.3 is 14.4 Å². The first-order valence-corrected chi connectivity index (χ1v) is 12.5. The molecule has 0 fully saturated rings. The molecule has 0 radical (unpaired) electrons. The number of carbonyl (C=O) groups is 2. The Hall–Kier alpha value is -3.98. The van der Waals surface area contributed by atoms with Gasteiger partial charge in [-0.1, -0.05) is 41.7 Å². The molecule has 5 rings (SSSR count). The smallest absolute Gasteiger partial charge is 0.338 e. The minimum Gasteiger partial charge on any atom is -0.497 e. The highest BCUT2D eigenvalue weighted by molar-refractivity contribution is 7.07. The third-order valence-corrected chi connectivity index (χ3v) is 7.44. The summed E-state index contributed by atoms with van der Waals surface area (Å²) in [5.74, 6) is -0.0946. The van der Waals surface area contributed by atoms with Gasteiger partial charge in [0.15, 0.2) is 4.80 Å². The molecule has 2 aliphatic heterocycles. The van der Waals surface area contributed by atoms with Crippen molar-refractivity contribution in [3.05, 3.63) is 90.6 Å². The maximum atomic E-state index is 14.0. The van der Waals surface area contributed by atoms with Crippen LogP contribution in [0.1, 0.15) is 37.9 Å². The Morgan fingerprint density at radius 2 is 1.81 bits per heavy atom. The number of hydrogen-bond acceptors (Lipinski definition) is 7. The van der Waals surface area contributed by atoms with E-state index in [9.17, 15) is 14.4 Å². The van der Waals surface area contributed by atoms with Crippen molar-refractivity contribution < 1.29 is 19.1 Å². The molecule has 0 spiro atoms. The molecule has 2 aromatic carbocycles. The van der Waals surface area contributed by atoms with E-state index in [0.29, 0.717) is 44.0 Å². The van der Waals surface area contributed by atoms with Crippen LogP contribution in [0.15, 0.2) is 69.6 Å². The second kappa shape index (κ2) is 9.23. The van der Waals surface area contributed by atoms with Crippen LogP contribution in [-0.2, 0) is 14.3 Å². The average Bonchev–Trinajstić information content (AvgIpc) is 3.35. The monoisotopic (exact) mass is 503 g/mol. The van der Waals surface area contributed by atoms with Crippen LogP contribution in [-0.4, -0.2) is 36.7 Å². The van der Waals surface area contributed by atoms with Gasteiger partial charge in [0.05, 0.1) is 42.3 Å². The number of thiazole rings is 1. The van der Waals surface area contributed by atoms with Crippen molar-refractivity contribution in [2.24, 2.45) is 4.99 Å². The number of para-hydroxylation sites is 1. The van der Waals surface area contributed by atoms with E-state index in [-0.39, 0.29) is 18.1 Å². The molecule has 0 saturated heterocycles. The van der Waals surface area contributed by atoms with Crippen LogP contribution in [0.4, 0.5) is 5.69 Å². The van der Waals surface area contributed by atoms with Crippen LogP contribution in [0, 0.1) is 0 Å². The molecule has 8 nitrogen and oxygen atoms in total. The Morgan fingerprint density at radius 1 is 1.08 bits per heavy atom. The minimum absolute atomic E-state index is 0.192. The van der Waals surface area contributed by atoms with Crippen LogP contribution in [0.2, 0.25) is 0 Å². The topological polar surface area (TPSA) is 90.2 Å². The lowest BCUT2D eigenvalue weighted by Crippen LogP contribution is -2.41. The molecule has 3 aromatic rings. The number of likely N-dealkylation sites (N-methyl/N-ethyl adjacent to an activating group) is 1. The van der Waals surface area contributed by atoms with Crippen molar-refractivity contribution in [2.45, 2.75) is 26.8 Å². The van der Waals surface area contributed by atoms with Gasteiger partial charge in [0, 0.05) is 12.1 Å². The summed E-state index contributed by atoms with van der Waals surface area (Å²) in [6.07, 6.45) is 0. The summed E-state index contributed by atoms with van der Waals surface area (Å²) in [7, 11) is 1.57. The summed E-state index contributed by atoms with van der Waals surface area (Å²) >= 11 is 1.16. The first-order chi connectivity index (χ1) is 17.4. The van der Waals surface area contributed by atoms with E-state index in [1.54, 1.807) is 38.0 Å². The zero-order valence-corrected chi connectivity index (χ0v) is 21.2. The van der Waals surface area contributed by atoms with Crippen molar-refractivity contribution >= 4 is 34.5 Å². The van der Waals surface area contributed by atoms with Crippen LogP contribution >= 0.6 is 11.3 Å². The van der Waals surface area contributed by atoms with E-state index in [4.69, 9.17) is 9.47 Å². The van der Waals surface area contributed by atoms with E-state index in [1.807, 2.05) is 43.3 Å². The lowest BCUT2D eigenvalue weighted by molar-refractivity contribution is -0.139. The Labute approximate surface area is 211 Å². The molecule has 0 aliphatic carbocycles. The predicted octanol–water partition coefficient (Wildman–Crippen LogP) is 2.54. The molecule has 0 saturated carbocycles. The van der Waals surface area contributed by atoms with Crippen molar-refractivity contribution in [3.8, 4) is 5.75 Å². The van der Waals surface area contributed by atoms with Crippen LogP contribution in [0.3, 0.4) is 0 Å². The van der Waals surface area contributed by atoms with E-state index in [1.165, 1.54) is 4.57 Å². The number of benzene rings is 2. The Balaban J connectivity index is 1.81. The normalized spacial score (nSPS) is 18.1. The Morgan fingerprint density at radius 3 is 2.47 bits per heavy atom. The molecule has 36 heavy (non-hydrogen) atoms. The summed E-state index contributed by atoms with van der Waals surface area (Å²) in [4.78, 5) is 47.2. The van der Waals surface area contributed by atoms with Gasteiger partial charge in [-0.05, 0) is 44.5 Å². The van der Waals surface area contributed by atoms with Gasteiger partial charge in [-0.25, -0.2) is 9.79 Å². The molecule has 1 atom stereocenters. The summed E-state index contributed by atoms with van der Waals surface area (Å²) in [5, 5.41) is 0. The summed E-state index contributed by atoms with van der Waals surface area (Å²) in [5.41, 5.74) is 2.96. The third-order valence-electron chi connectivity index (χ3n) is 6.39. The molecule has 2 aliphatic rings. The van der Waals surface area contributed by atoms with Crippen molar-refractivity contribution in [3.63, 3.8) is 0 Å². The van der Waals surface area contributed by atoms with E-state index >= 15 is 0 Å². The number of aromatic nitrogens is 1. The molecule has 3 heterocycles. The number of amides is 1. The van der Waals surface area contributed by atoms with Crippen LogP contribution in [0.5, 0.6) is 5.75 Å².